The van der Waals surface area contributed by atoms with Crippen LogP contribution in [0.5, 0.6) is 0 Å². The molecular weight excluding hydrogens is 413 g/mol. The van der Waals surface area contributed by atoms with E-state index in [0.29, 0.717) is 10.4 Å². The maximum Gasteiger partial charge on any atom is 0.341 e. The highest BCUT2D eigenvalue weighted by molar-refractivity contribution is 7.91. The van der Waals surface area contributed by atoms with E-state index in [4.69, 9.17) is 0 Å². The van der Waals surface area contributed by atoms with Gasteiger partial charge in [-0.2, -0.15) is 13.8 Å². The van der Waals surface area contributed by atoms with Crippen molar-refractivity contribution in [3.63, 3.8) is 0 Å². The van der Waals surface area contributed by atoms with Gasteiger partial charge in [-0.15, -0.1) is 11.3 Å². The van der Waals surface area contributed by atoms with E-state index in [0.717, 1.165) is 24.3 Å². The van der Waals surface area contributed by atoms with Gasteiger partial charge in [0.25, 0.3) is 5.91 Å². The van der Waals surface area contributed by atoms with Gasteiger partial charge in [0.15, 0.2) is 4.80 Å². The van der Waals surface area contributed by atoms with E-state index in [9.17, 15) is 26.4 Å². The smallest absolute Gasteiger partial charge is 0.319 e. The van der Waals surface area contributed by atoms with Crippen LogP contribution in [0.3, 0.4) is 0 Å². The molecule has 1 heterocycles. The highest BCUT2D eigenvalue weighted by Gasteiger charge is 2.26. The molecule has 146 valence electrons. The summed E-state index contributed by atoms with van der Waals surface area (Å²) < 4.78 is 63.4. The SMILES string of the molecule is O=C(N=c1sccn1Cc1ccccc1F)c1ccc(S(=O)(=O)C(F)F)cc1. The van der Waals surface area contributed by atoms with Crippen LogP contribution in [0.1, 0.15) is 15.9 Å². The van der Waals surface area contributed by atoms with Crippen LogP contribution >= 0.6 is 11.3 Å². The van der Waals surface area contributed by atoms with E-state index in [1.807, 2.05) is 0 Å². The summed E-state index contributed by atoms with van der Waals surface area (Å²) >= 11 is 1.17. The molecule has 2 aromatic carbocycles. The van der Waals surface area contributed by atoms with Gasteiger partial charge >= 0.3 is 5.76 Å². The van der Waals surface area contributed by atoms with Crippen LogP contribution in [0, 0.1) is 5.82 Å². The third kappa shape index (κ3) is 4.23. The zero-order chi connectivity index (χ0) is 20.3. The molecule has 5 nitrogen and oxygen atoms in total. The molecule has 0 saturated carbocycles. The number of hydrogen-bond donors (Lipinski definition) is 0. The van der Waals surface area contributed by atoms with Crippen molar-refractivity contribution in [1.82, 2.24) is 4.57 Å². The van der Waals surface area contributed by atoms with Crippen LogP contribution in [-0.2, 0) is 16.4 Å². The van der Waals surface area contributed by atoms with Crippen molar-refractivity contribution < 1.29 is 26.4 Å². The van der Waals surface area contributed by atoms with E-state index in [2.05, 4.69) is 4.99 Å². The van der Waals surface area contributed by atoms with Gasteiger partial charge in [-0.05, 0) is 30.3 Å². The molecule has 10 heteroatoms. The number of amides is 1. The first-order valence-corrected chi connectivity index (χ1v) is 10.3. The second kappa shape index (κ2) is 8.11. The minimum Gasteiger partial charge on any atom is -0.319 e. The van der Waals surface area contributed by atoms with Gasteiger partial charge in [0, 0.05) is 22.7 Å². The minimum atomic E-state index is -4.73. The van der Waals surface area contributed by atoms with E-state index in [1.54, 1.807) is 34.3 Å². The Morgan fingerprint density at radius 2 is 1.79 bits per heavy atom. The third-order valence-electron chi connectivity index (χ3n) is 3.82. The Bertz CT molecular complexity index is 1170. The Kier molecular flexibility index (Phi) is 5.80. The Balaban J connectivity index is 1.86. The van der Waals surface area contributed by atoms with Crippen molar-refractivity contribution in [1.29, 1.82) is 0 Å². The monoisotopic (exact) mass is 426 g/mol. The summed E-state index contributed by atoms with van der Waals surface area (Å²) in [7, 11) is -4.73. The Labute approximate surface area is 162 Å². The van der Waals surface area contributed by atoms with Crippen molar-refractivity contribution in [2.75, 3.05) is 0 Å². The number of carbonyl (C=O) groups is 1. The van der Waals surface area contributed by atoms with Gasteiger partial charge < -0.3 is 4.57 Å². The van der Waals surface area contributed by atoms with E-state index in [1.165, 1.54) is 17.4 Å². The minimum absolute atomic E-state index is 0.0408. The van der Waals surface area contributed by atoms with Gasteiger partial charge in [0.1, 0.15) is 5.82 Å². The van der Waals surface area contributed by atoms with E-state index in [-0.39, 0.29) is 17.9 Å². The molecule has 1 aromatic heterocycles. The molecule has 0 atom stereocenters. The van der Waals surface area contributed by atoms with E-state index >= 15 is 0 Å². The van der Waals surface area contributed by atoms with Crippen molar-refractivity contribution in [3.8, 4) is 0 Å². The predicted octanol–water partition coefficient (Wildman–Crippen LogP) is 3.47. The van der Waals surface area contributed by atoms with Crippen LogP contribution in [0.25, 0.3) is 0 Å². The van der Waals surface area contributed by atoms with Gasteiger partial charge in [-0.25, -0.2) is 12.8 Å². The molecular formula is C18H13F3N2O3S2. The lowest BCUT2D eigenvalue weighted by Crippen LogP contribution is -2.17. The predicted molar refractivity (Wildman–Crippen MR) is 97.3 cm³/mol. The lowest BCUT2D eigenvalue weighted by Gasteiger charge is -2.05. The first-order chi connectivity index (χ1) is 13.3. The molecule has 0 aliphatic rings. The van der Waals surface area contributed by atoms with Crippen LogP contribution in [-0.4, -0.2) is 24.6 Å². The lowest BCUT2D eigenvalue weighted by atomic mass is 10.2. The average molecular weight is 426 g/mol. The van der Waals surface area contributed by atoms with Crippen molar-refractivity contribution in [3.05, 3.63) is 81.9 Å². The van der Waals surface area contributed by atoms with Crippen LogP contribution < -0.4 is 4.80 Å². The number of carbonyl (C=O) groups excluding carboxylic acids is 1. The fourth-order valence-corrected chi connectivity index (χ4v) is 3.81. The Morgan fingerprint density at radius 1 is 1.11 bits per heavy atom. The highest BCUT2D eigenvalue weighted by Crippen LogP contribution is 2.19. The van der Waals surface area contributed by atoms with Gasteiger partial charge in [-0.1, -0.05) is 18.2 Å². The number of hydrogen-bond acceptors (Lipinski definition) is 4. The molecule has 0 aliphatic heterocycles. The second-order valence-electron chi connectivity index (χ2n) is 5.65. The molecule has 1 amide bonds. The van der Waals surface area contributed by atoms with E-state index < -0.39 is 26.4 Å². The summed E-state index contributed by atoms with van der Waals surface area (Å²) in [5.74, 6) is -4.60. The number of benzene rings is 2. The summed E-state index contributed by atoms with van der Waals surface area (Å²) in [6.45, 7) is 0.174. The largest absolute Gasteiger partial charge is 0.341 e. The summed E-state index contributed by atoms with van der Waals surface area (Å²) in [6, 6.07) is 10.3. The Hall–Kier alpha value is -2.72. The molecule has 3 rings (SSSR count). The molecule has 0 bridgehead atoms. The topological polar surface area (TPSA) is 68.5 Å². The normalized spacial score (nSPS) is 12.5. The first kappa shape index (κ1) is 20.0. The molecule has 0 fully saturated rings. The summed E-state index contributed by atoms with van der Waals surface area (Å²) in [5.41, 5.74) is 0.468. The first-order valence-electron chi connectivity index (χ1n) is 7.87. The zero-order valence-electron chi connectivity index (χ0n) is 14.1. The third-order valence-corrected chi connectivity index (χ3v) is 6.01. The number of nitrogens with zero attached hydrogens (tertiary/aromatic N) is 2. The number of sulfone groups is 1. The van der Waals surface area contributed by atoms with Crippen molar-refractivity contribution in [2.24, 2.45) is 4.99 Å². The molecule has 3 aromatic rings. The molecule has 0 aliphatic carbocycles. The van der Waals surface area contributed by atoms with Crippen molar-refractivity contribution in [2.45, 2.75) is 17.2 Å². The fourth-order valence-electron chi connectivity index (χ4n) is 2.36. The fraction of sp³-hybridized carbons (Fsp3) is 0.111. The lowest BCUT2D eigenvalue weighted by molar-refractivity contribution is 0.0997. The van der Waals surface area contributed by atoms with Gasteiger partial charge in [-0.3, -0.25) is 4.79 Å². The molecule has 0 N–H and O–H groups in total. The quantitative estimate of drug-likeness (QED) is 0.627. The standard InChI is InChI=1S/C18H13F3N2O3S2/c19-15-4-2-1-3-13(15)11-23-9-10-27-18(23)22-16(24)12-5-7-14(8-6-12)28(25,26)17(20)21/h1-10,17H,11H2. The summed E-state index contributed by atoms with van der Waals surface area (Å²) in [6.07, 6.45) is 1.65. The molecule has 28 heavy (non-hydrogen) atoms. The average Bonchev–Trinajstić information content (AvgIpc) is 3.10. The zero-order valence-corrected chi connectivity index (χ0v) is 15.8. The van der Waals surface area contributed by atoms with Crippen LogP contribution in [0.4, 0.5) is 13.2 Å². The van der Waals surface area contributed by atoms with Crippen LogP contribution in [0.15, 0.2) is 70.0 Å². The van der Waals surface area contributed by atoms with Gasteiger partial charge in [0.05, 0.1) is 11.4 Å². The summed E-state index contributed by atoms with van der Waals surface area (Å²) in [4.78, 5) is 16.0. The molecule has 0 saturated heterocycles. The molecule has 0 spiro atoms. The van der Waals surface area contributed by atoms with Gasteiger partial charge in [0.2, 0.25) is 9.84 Å². The number of halogens is 3. The number of thiazole rings is 1. The Morgan fingerprint density at radius 3 is 2.43 bits per heavy atom. The van der Waals surface area contributed by atoms with Crippen molar-refractivity contribution >= 4 is 27.1 Å². The maximum absolute atomic E-state index is 13.8. The highest BCUT2D eigenvalue weighted by atomic mass is 32.2. The number of rotatable bonds is 5. The maximum atomic E-state index is 13.8. The number of aromatic nitrogens is 1. The molecule has 0 radical (unpaired) electrons. The number of alkyl halides is 2. The molecule has 0 unspecified atom stereocenters. The van der Waals surface area contributed by atoms with Crippen LogP contribution in [0.2, 0.25) is 0 Å². The summed E-state index contributed by atoms with van der Waals surface area (Å²) in [5, 5.41) is 1.69. The second-order valence-corrected chi connectivity index (χ2v) is 8.44.